The molecule has 18 heavy (non-hydrogen) atoms. The van der Waals surface area contributed by atoms with Crippen molar-refractivity contribution in [2.75, 3.05) is 7.05 Å². The van der Waals surface area contributed by atoms with Gasteiger partial charge in [0, 0.05) is 12.6 Å². The van der Waals surface area contributed by atoms with E-state index in [1.807, 2.05) is 0 Å². The van der Waals surface area contributed by atoms with Crippen molar-refractivity contribution in [3.63, 3.8) is 0 Å². The molecule has 1 aromatic heterocycles. The summed E-state index contributed by atoms with van der Waals surface area (Å²) in [5.74, 6) is -1.02. The predicted molar refractivity (Wildman–Crippen MR) is 64.5 cm³/mol. The first-order chi connectivity index (χ1) is 8.52. The van der Waals surface area contributed by atoms with Gasteiger partial charge in [0.2, 0.25) is 5.91 Å². The topological polar surface area (TPSA) is 81.3 Å². The molecule has 2 rings (SSSR count). The number of hydrogen-bond donors (Lipinski definition) is 1. The third kappa shape index (κ3) is 2.04. The lowest BCUT2D eigenvalue weighted by atomic mass is 10.1. The number of aromatic nitrogens is 1. The number of ketones is 1. The van der Waals surface area contributed by atoms with Crippen LogP contribution in [0.5, 0.6) is 0 Å². The van der Waals surface area contributed by atoms with E-state index in [2.05, 4.69) is 5.32 Å². The minimum atomic E-state index is -0.616. The van der Waals surface area contributed by atoms with Gasteiger partial charge in [-0.25, -0.2) is 4.79 Å². The lowest BCUT2D eigenvalue weighted by Gasteiger charge is -2.01. The number of nitrogens with zero attached hydrogens (tertiary/aromatic N) is 1. The summed E-state index contributed by atoms with van der Waals surface area (Å²) in [6.45, 7) is 1.32. The number of oxazole rings is 1. The molecular weight excluding hydrogens is 236 g/mol. The molecule has 1 amide bonds. The highest BCUT2D eigenvalue weighted by molar-refractivity contribution is 5.97. The smallest absolute Gasteiger partial charge is 0.408 e. The van der Waals surface area contributed by atoms with E-state index in [9.17, 15) is 14.4 Å². The van der Waals surface area contributed by atoms with Gasteiger partial charge in [0.1, 0.15) is 6.54 Å². The van der Waals surface area contributed by atoms with Gasteiger partial charge < -0.3 is 9.73 Å². The zero-order valence-corrected chi connectivity index (χ0v) is 10.0. The fourth-order valence-electron chi connectivity index (χ4n) is 1.66. The number of rotatable bonds is 3. The summed E-state index contributed by atoms with van der Waals surface area (Å²) < 4.78 is 6.23. The normalized spacial score (nSPS) is 10.6. The van der Waals surface area contributed by atoms with Crippen LogP contribution < -0.4 is 11.1 Å². The minimum Gasteiger partial charge on any atom is -0.408 e. The number of fused-ring (bicyclic) bond motifs is 1. The van der Waals surface area contributed by atoms with Crippen LogP contribution >= 0.6 is 0 Å². The first-order valence-corrected chi connectivity index (χ1v) is 5.38. The van der Waals surface area contributed by atoms with Gasteiger partial charge in [-0.05, 0) is 25.1 Å². The molecule has 0 saturated heterocycles. The van der Waals surface area contributed by atoms with Crippen LogP contribution in [0.2, 0.25) is 0 Å². The highest BCUT2D eigenvalue weighted by atomic mass is 16.4. The number of carbonyl (C=O) groups excluding carboxylic acids is 2. The number of hydrogen-bond acceptors (Lipinski definition) is 4. The largest absolute Gasteiger partial charge is 0.420 e. The summed E-state index contributed by atoms with van der Waals surface area (Å²) in [5, 5.41) is 2.43. The van der Waals surface area contributed by atoms with Gasteiger partial charge in [-0.2, -0.15) is 0 Å². The predicted octanol–water partition coefficient (Wildman–Crippen LogP) is 0.543. The molecule has 0 unspecified atom stereocenters. The Labute approximate surface area is 102 Å². The Kier molecular flexibility index (Phi) is 3.01. The summed E-state index contributed by atoms with van der Waals surface area (Å²) in [6.07, 6.45) is 0. The first-order valence-electron chi connectivity index (χ1n) is 5.38. The molecule has 0 bridgehead atoms. The third-order valence-corrected chi connectivity index (χ3v) is 2.66. The van der Waals surface area contributed by atoms with Gasteiger partial charge in [0.15, 0.2) is 11.4 Å². The van der Waals surface area contributed by atoms with Crippen LogP contribution in [0.25, 0.3) is 11.1 Å². The molecule has 94 valence electrons. The maximum absolute atomic E-state index is 11.6. The summed E-state index contributed by atoms with van der Waals surface area (Å²) in [5.41, 5.74) is 1.26. The number of amides is 1. The SMILES string of the molecule is CNC(=O)Cn1c(=O)oc2cc(C(C)=O)ccc21. The Bertz CT molecular complexity index is 681. The van der Waals surface area contributed by atoms with Crippen molar-refractivity contribution in [1.29, 1.82) is 0 Å². The summed E-state index contributed by atoms with van der Waals surface area (Å²) in [6, 6.07) is 4.69. The maximum atomic E-state index is 11.6. The molecule has 0 aliphatic heterocycles. The number of benzene rings is 1. The van der Waals surface area contributed by atoms with Crippen molar-refractivity contribution in [1.82, 2.24) is 9.88 Å². The quantitative estimate of drug-likeness (QED) is 0.804. The maximum Gasteiger partial charge on any atom is 0.420 e. The molecule has 6 nitrogen and oxygen atoms in total. The molecule has 0 aliphatic carbocycles. The monoisotopic (exact) mass is 248 g/mol. The third-order valence-electron chi connectivity index (χ3n) is 2.66. The Morgan fingerprint density at radius 3 is 2.72 bits per heavy atom. The molecular formula is C12H12N2O4. The number of nitrogens with one attached hydrogen (secondary N) is 1. The highest BCUT2D eigenvalue weighted by Crippen LogP contribution is 2.15. The van der Waals surface area contributed by atoms with Gasteiger partial charge in [0.05, 0.1) is 5.52 Å². The molecule has 1 N–H and O–H groups in total. The number of Topliss-reactive ketones (excluding diaryl/α,β-unsaturated/α-hetero) is 1. The van der Waals surface area contributed by atoms with E-state index >= 15 is 0 Å². The van der Waals surface area contributed by atoms with E-state index in [0.29, 0.717) is 16.7 Å². The second kappa shape index (κ2) is 4.48. The van der Waals surface area contributed by atoms with E-state index in [0.717, 1.165) is 0 Å². The average Bonchev–Trinajstić information content (AvgIpc) is 2.64. The molecule has 0 atom stereocenters. The van der Waals surface area contributed by atoms with E-state index in [1.54, 1.807) is 12.1 Å². The van der Waals surface area contributed by atoms with Gasteiger partial charge >= 0.3 is 5.76 Å². The van der Waals surface area contributed by atoms with Crippen molar-refractivity contribution in [2.24, 2.45) is 0 Å². The van der Waals surface area contributed by atoms with Crippen molar-refractivity contribution >= 4 is 22.8 Å². The number of likely N-dealkylation sites (N-methyl/N-ethyl adjacent to an activating group) is 1. The molecule has 0 fully saturated rings. The Morgan fingerprint density at radius 1 is 1.39 bits per heavy atom. The van der Waals surface area contributed by atoms with Crippen molar-refractivity contribution in [3.05, 3.63) is 34.3 Å². The van der Waals surface area contributed by atoms with Gasteiger partial charge in [-0.1, -0.05) is 0 Å². The Hall–Kier alpha value is -2.37. The molecule has 2 aromatic rings. The average molecular weight is 248 g/mol. The van der Waals surface area contributed by atoms with Gasteiger partial charge in [-0.3, -0.25) is 14.2 Å². The lowest BCUT2D eigenvalue weighted by molar-refractivity contribution is -0.121. The van der Waals surface area contributed by atoms with Crippen LogP contribution in [0, 0.1) is 0 Å². The first kappa shape index (κ1) is 12.1. The highest BCUT2D eigenvalue weighted by Gasteiger charge is 2.13. The molecule has 0 aliphatic rings. The summed E-state index contributed by atoms with van der Waals surface area (Å²) in [7, 11) is 1.49. The second-order valence-electron chi connectivity index (χ2n) is 3.87. The standard InChI is InChI=1S/C12H12N2O4/c1-7(15)8-3-4-9-10(5-8)18-12(17)14(9)6-11(16)13-2/h3-5H,6H2,1-2H3,(H,13,16). The van der Waals surface area contributed by atoms with Crippen LogP contribution in [0.4, 0.5) is 0 Å². The molecule has 0 radical (unpaired) electrons. The Morgan fingerprint density at radius 2 is 2.11 bits per heavy atom. The molecule has 1 aromatic carbocycles. The van der Waals surface area contributed by atoms with Crippen LogP contribution in [0.15, 0.2) is 27.4 Å². The Balaban J connectivity index is 2.55. The number of carbonyl (C=O) groups is 2. The second-order valence-corrected chi connectivity index (χ2v) is 3.87. The van der Waals surface area contributed by atoms with Crippen molar-refractivity contribution < 1.29 is 14.0 Å². The van der Waals surface area contributed by atoms with E-state index < -0.39 is 5.76 Å². The van der Waals surface area contributed by atoms with Crippen molar-refractivity contribution in [3.8, 4) is 0 Å². The van der Waals surface area contributed by atoms with Gasteiger partial charge in [-0.15, -0.1) is 0 Å². The summed E-state index contributed by atoms with van der Waals surface area (Å²) >= 11 is 0. The molecule has 6 heteroatoms. The zero-order valence-electron chi connectivity index (χ0n) is 10.0. The zero-order chi connectivity index (χ0) is 13.3. The minimum absolute atomic E-state index is 0.109. The molecule has 0 saturated carbocycles. The van der Waals surface area contributed by atoms with Crippen LogP contribution in [0.3, 0.4) is 0 Å². The van der Waals surface area contributed by atoms with E-state index in [4.69, 9.17) is 4.42 Å². The molecule has 1 heterocycles. The summed E-state index contributed by atoms with van der Waals surface area (Å²) in [4.78, 5) is 34.1. The molecule has 0 spiro atoms. The van der Waals surface area contributed by atoms with Gasteiger partial charge in [0.25, 0.3) is 0 Å². The van der Waals surface area contributed by atoms with Crippen molar-refractivity contribution in [2.45, 2.75) is 13.5 Å². The van der Waals surface area contributed by atoms with Crippen LogP contribution in [-0.4, -0.2) is 23.3 Å². The fourth-order valence-corrected chi connectivity index (χ4v) is 1.66. The van der Waals surface area contributed by atoms with E-state index in [-0.39, 0.29) is 18.2 Å². The van der Waals surface area contributed by atoms with Crippen LogP contribution in [0.1, 0.15) is 17.3 Å². The fraction of sp³-hybridized carbons (Fsp3) is 0.250. The van der Waals surface area contributed by atoms with Crippen LogP contribution in [-0.2, 0) is 11.3 Å². The lowest BCUT2D eigenvalue weighted by Crippen LogP contribution is -2.27. The van der Waals surface area contributed by atoms with E-state index in [1.165, 1.54) is 24.6 Å².